The van der Waals surface area contributed by atoms with Crippen LogP contribution in [0.1, 0.15) is 25.3 Å². The van der Waals surface area contributed by atoms with Gasteiger partial charge in [0.25, 0.3) is 5.91 Å². The maximum atomic E-state index is 13.0. The highest BCUT2D eigenvalue weighted by atomic mass is 32.2. The predicted molar refractivity (Wildman–Crippen MR) is 122 cm³/mol. The maximum Gasteiger partial charge on any atom is 0.416 e. The third-order valence-electron chi connectivity index (χ3n) is 5.49. The molecule has 186 valence electrons. The lowest BCUT2D eigenvalue weighted by Gasteiger charge is -2.36. The van der Waals surface area contributed by atoms with E-state index in [1.807, 2.05) is 11.8 Å². The molecule has 2 aromatic rings. The smallest absolute Gasteiger partial charge is 0.416 e. The van der Waals surface area contributed by atoms with Crippen molar-refractivity contribution in [2.45, 2.75) is 30.8 Å². The lowest BCUT2D eigenvalue weighted by Crippen LogP contribution is -2.50. The number of unbranched alkanes of at least 4 members (excludes halogenated alkanes) is 1. The van der Waals surface area contributed by atoms with Crippen molar-refractivity contribution in [3.8, 4) is 5.75 Å². The van der Waals surface area contributed by atoms with Crippen LogP contribution in [0.3, 0.4) is 0 Å². The molecule has 0 unspecified atom stereocenters. The first-order chi connectivity index (χ1) is 16.1. The molecule has 34 heavy (non-hydrogen) atoms. The van der Waals surface area contributed by atoms with E-state index >= 15 is 0 Å². The van der Waals surface area contributed by atoms with Crippen molar-refractivity contribution in [1.82, 2.24) is 9.62 Å². The molecule has 3 rings (SSSR count). The van der Waals surface area contributed by atoms with Crippen LogP contribution < -0.4 is 14.4 Å². The second kappa shape index (κ2) is 11.1. The summed E-state index contributed by atoms with van der Waals surface area (Å²) in [6, 6.07) is 11.0. The summed E-state index contributed by atoms with van der Waals surface area (Å²) in [6.07, 6.45) is -2.78. The van der Waals surface area contributed by atoms with Gasteiger partial charge in [0.1, 0.15) is 5.75 Å². The molecule has 0 bridgehead atoms. The van der Waals surface area contributed by atoms with Crippen molar-refractivity contribution in [1.29, 1.82) is 0 Å². The predicted octanol–water partition coefficient (Wildman–Crippen LogP) is 3.51. The number of hydrogen-bond acceptors (Lipinski definition) is 5. The summed E-state index contributed by atoms with van der Waals surface area (Å²) < 4.78 is 71.3. The minimum Gasteiger partial charge on any atom is -0.484 e. The largest absolute Gasteiger partial charge is 0.484 e. The van der Waals surface area contributed by atoms with Crippen molar-refractivity contribution in [3.05, 3.63) is 54.1 Å². The van der Waals surface area contributed by atoms with Crippen molar-refractivity contribution in [3.63, 3.8) is 0 Å². The lowest BCUT2D eigenvalue weighted by molar-refractivity contribution is -0.137. The number of sulfonamides is 1. The van der Waals surface area contributed by atoms with Crippen LogP contribution in [0.4, 0.5) is 18.9 Å². The van der Waals surface area contributed by atoms with Crippen molar-refractivity contribution >= 4 is 21.6 Å². The number of hydrogen-bond donors (Lipinski definition) is 1. The number of nitrogens with zero attached hydrogens (tertiary/aromatic N) is 2. The van der Waals surface area contributed by atoms with Crippen LogP contribution in [0, 0.1) is 0 Å². The molecular weight excluding hydrogens is 471 g/mol. The van der Waals surface area contributed by atoms with Crippen LogP contribution in [0.15, 0.2) is 53.4 Å². The third kappa shape index (κ3) is 6.86. The summed E-state index contributed by atoms with van der Waals surface area (Å²) in [7, 11) is -3.58. The molecule has 0 spiro atoms. The van der Waals surface area contributed by atoms with Crippen LogP contribution in [-0.4, -0.2) is 58.6 Å². The molecule has 2 aromatic carbocycles. The molecular formula is C23H28F3N3O4S. The minimum absolute atomic E-state index is 0.119. The number of halogens is 3. The Morgan fingerprint density at radius 1 is 1.06 bits per heavy atom. The fourth-order valence-corrected chi connectivity index (χ4v) is 4.59. The van der Waals surface area contributed by atoms with Gasteiger partial charge < -0.3 is 14.5 Å². The summed E-state index contributed by atoms with van der Waals surface area (Å²) >= 11 is 0. The fourth-order valence-electron chi connectivity index (χ4n) is 3.51. The summed E-state index contributed by atoms with van der Waals surface area (Å²) in [4.78, 5) is 16.0. The van der Waals surface area contributed by atoms with Gasteiger partial charge in [0.05, 0.1) is 10.5 Å². The summed E-state index contributed by atoms with van der Waals surface area (Å²) in [6.45, 7) is 3.66. The number of amides is 1. The van der Waals surface area contributed by atoms with Crippen molar-refractivity contribution < 1.29 is 31.1 Å². The van der Waals surface area contributed by atoms with Crippen LogP contribution >= 0.6 is 0 Å². The second-order valence-corrected chi connectivity index (χ2v) is 9.69. The van der Waals surface area contributed by atoms with Gasteiger partial charge in [0, 0.05) is 38.4 Å². The third-order valence-corrected chi connectivity index (χ3v) is 6.97. The average molecular weight is 500 g/mol. The number of carbonyl (C=O) groups excluding carboxylic acids is 1. The van der Waals surface area contributed by atoms with Crippen LogP contribution in [-0.2, 0) is 21.0 Å². The first-order valence-corrected chi connectivity index (χ1v) is 12.5. The van der Waals surface area contributed by atoms with Crippen LogP contribution in [0.25, 0.3) is 0 Å². The van der Waals surface area contributed by atoms with Gasteiger partial charge in [-0.1, -0.05) is 19.4 Å². The van der Waals surface area contributed by atoms with E-state index in [1.54, 1.807) is 11.0 Å². The average Bonchev–Trinajstić information content (AvgIpc) is 2.82. The maximum absolute atomic E-state index is 13.0. The van der Waals surface area contributed by atoms with Gasteiger partial charge in [-0.15, -0.1) is 0 Å². The fraction of sp³-hybridized carbons (Fsp3) is 0.435. The number of nitrogens with one attached hydrogen (secondary N) is 1. The molecule has 0 aromatic heterocycles. The second-order valence-electron chi connectivity index (χ2n) is 7.93. The molecule has 11 heteroatoms. The number of rotatable bonds is 9. The Morgan fingerprint density at radius 3 is 2.35 bits per heavy atom. The Bertz CT molecular complexity index is 1070. The van der Waals surface area contributed by atoms with E-state index in [4.69, 9.17) is 4.74 Å². The highest BCUT2D eigenvalue weighted by Crippen LogP contribution is 2.31. The van der Waals surface area contributed by atoms with E-state index < -0.39 is 21.8 Å². The van der Waals surface area contributed by atoms with E-state index in [9.17, 15) is 26.4 Å². The van der Waals surface area contributed by atoms with Gasteiger partial charge in [-0.3, -0.25) is 4.79 Å². The normalized spacial score (nSPS) is 14.8. The Morgan fingerprint density at radius 2 is 1.74 bits per heavy atom. The van der Waals surface area contributed by atoms with E-state index in [0.717, 1.165) is 25.0 Å². The van der Waals surface area contributed by atoms with Crippen molar-refractivity contribution in [2.24, 2.45) is 0 Å². The van der Waals surface area contributed by atoms with Gasteiger partial charge in [-0.2, -0.15) is 13.2 Å². The highest BCUT2D eigenvalue weighted by molar-refractivity contribution is 7.89. The van der Waals surface area contributed by atoms with E-state index in [-0.39, 0.29) is 17.4 Å². The van der Waals surface area contributed by atoms with Gasteiger partial charge in [0.15, 0.2) is 6.61 Å². The zero-order valence-electron chi connectivity index (χ0n) is 18.8. The quantitative estimate of drug-likeness (QED) is 0.535. The van der Waals surface area contributed by atoms with Crippen molar-refractivity contribution in [2.75, 3.05) is 44.2 Å². The lowest BCUT2D eigenvalue weighted by atomic mass is 10.1. The Labute approximate surface area is 197 Å². The molecule has 1 saturated heterocycles. The standard InChI is InChI=1S/C23H28F3N3O4S/c1-2-3-11-27-34(31,32)21-9-7-20(8-10-21)33-17-22(30)29-14-12-28(13-15-29)19-6-4-5-18(16-19)23(24,25)26/h4-10,16,27H,2-3,11-15,17H2,1H3. The molecule has 0 atom stereocenters. The first-order valence-electron chi connectivity index (χ1n) is 11.0. The number of ether oxygens (including phenoxy) is 1. The van der Waals surface area contributed by atoms with E-state index in [2.05, 4.69) is 4.72 Å². The molecule has 1 N–H and O–H groups in total. The van der Waals surface area contributed by atoms with E-state index in [0.29, 0.717) is 44.2 Å². The first kappa shape index (κ1) is 25.8. The summed E-state index contributed by atoms with van der Waals surface area (Å²) in [5.41, 5.74) is -0.232. The van der Waals surface area contributed by atoms with Gasteiger partial charge in [0.2, 0.25) is 10.0 Å². The molecule has 0 saturated carbocycles. The zero-order chi connectivity index (χ0) is 24.8. The summed E-state index contributed by atoms with van der Waals surface area (Å²) in [5.74, 6) is 0.116. The highest BCUT2D eigenvalue weighted by Gasteiger charge is 2.31. The Kier molecular flexibility index (Phi) is 8.42. The van der Waals surface area contributed by atoms with Gasteiger partial charge >= 0.3 is 6.18 Å². The molecule has 0 radical (unpaired) electrons. The number of benzene rings is 2. The molecule has 1 aliphatic rings. The molecule has 1 heterocycles. The van der Waals surface area contributed by atoms with E-state index in [1.165, 1.54) is 30.3 Å². The number of carbonyl (C=O) groups is 1. The Hall–Kier alpha value is -2.79. The molecule has 1 aliphatic heterocycles. The number of anilines is 1. The SMILES string of the molecule is CCCCNS(=O)(=O)c1ccc(OCC(=O)N2CCN(c3cccc(C(F)(F)F)c3)CC2)cc1. The van der Waals surface area contributed by atoms with Crippen LogP contribution in [0.2, 0.25) is 0 Å². The minimum atomic E-state index is -4.40. The topological polar surface area (TPSA) is 78.9 Å². The number of piperazine rings is 1. The molecule has 0 aliphatic carbocycles. The monoisotopic (exact) mass is 499 g/mol. The van der Waals surface area contributed by atoms with Gasteiger partial charge in [-0.25, -0.2) is 13.1 Å². The molecule has 7 nitrogen and oxygen atoms in total. The van der Waals surface area contributed by atoms with Crippen LogP contribution in [0.5, 0.6) is 5.75 Å². The molecule has 1 fully saturated rings. The summed E-state index contributed by atoms with van der Waals surface area (Å²) in [5, 5.41) is 0. The molecule has 1 amide bonds. The Balaban J connectivity index is 1.48. The van der Waals surface area contributed by atoms with Gasteiger partial charge in [-0.05, 0) is 48.9 Å². The zero-order valence-corrected chi connectivity index (χ0v) is 19.7. The number of alkyl halides is 3.